The fourth-order valence-corrected chi connectivity index (χ4v) is 27.5. The predicted molar refractivity (Wildman–Crippen MR) is 396 cm³/mol. The van der Waals surface area contributed by atoms with Gasteiger partial charge in [-0.25, -0.2) is 9.97 Å². The average Bonchev–Trinajstić information content (AvgIpc) is 0.769. The summed E-state index contributed by atoms with van der Waals surface area (Å²) < 4.78 is 0. The van der Waals surface area contributed by atoms with Crippen molar-refractivity contribution in [3.8, 4) is 11.3 Å². The van der Waals surface area contributed by atoms with Crippen LogP contribution in [0.2, 0.25) is 0 Å². The Kier molecular flexibility index (Phi) is 23.5. The van der Waals surface area contributed by atoms with Crippen LogP contribution in [0.1, 0.15) is 117 Å². The van der Waals surface area contributed by atoms with Crippen molar-refractivity contribution < 1.29 is 54.2 Å². The molecule has 5 aliphatic rings. The van der Waals surface area contributed by atoms with E-state index in [4.69, 9.17) is 20.6 Å². The van der Waals surface area contributed by atoms with E-state index in [-0.39, 0.29) is 60.3 Å². The average molecular weight is 1550 g/mol. The van der Waals surface area contributed by atoms with Crippen molar-refractivity contribution in [1.29, 1.82) is 0 Å². The zero-order valence-electron chi connectivity index (χ0n) is 55.1. The fraction of sp³-hybridized carbons (Fsp3) is 0.304. The molecule has 6 atom stereocenters. The molecule has 6 unspecified atom stereocenters. The summed E-state index contributed by atoms with van der Waals surface area (Å²) in [5.41, 5.74) is 17.9. The van der Waals surface area contributed by atoms with Crippen molar-refractivity contribution in [2.45, 2.75) is 151 Å². The molecule has 5 heterocycles. The van der Waals surface area contributed by atoms with Gasteiger partial charge in [-0.3, -0.25) is 0 Å². The summed E-state index contributed by atoms with van der Waals surface area (Å²) in [4.78, 5) is 15.5. The molecule has 14 rings (SSSR count). The standard InChI is InChI=1S/C35H37N2P2.C33H39N2P2.C11H8N.2Cu.Ir/c1-20(2)38-30-15-22(5)9-11-28(30)36-29-12-10-23(6)16-31(29)39(21(3)4)33-18-25(8)14-27-19-26-13-24(7)17-32(38)34(26)37-35(27)33;1-20(2)36-28-11-7-9-24-19-25-10-8-12-29(33(25)35-32(24)28)37(21(3)4)31-18-23(6)14-16-27(31)34-26-15-13-22(5)17-30(26)36;1-2-6-10(7-3-1)11-8-4-5-9-12-11;;;/h9-21H,1-8H3;7,9-11,13-14,16-17,19-21,23,26H,8,12,15,18H2,1-6H3;1-6,8-9H;;;/q3*-1;2*+1;/p+4. The molecule has 5 nitrogen and oxygen atoms in total. The van der Waals surface area contributed by atoms with E-state index >= 15 is 0 Å². The summed E-state index contributed by atoms with van der Waals surface area (Å²) >= 11 is 0. The van der Waals surface area contributed by atoms with Gasteiger partial charge in [0.25, 0.3) is 0 Å². The van der Waals surface area contributed by atoms with Gasteiger partial charge in [0.2, 0.25) is 0 Å². The maximum Gasteiger partial charge on any atom is 1.00 e. The molecule has 9 aromatic rings. The van der Waals surface area contributed by atoms with Crippen LogP contribution < -0.4 is 37.1 Å². The number of hydrogen-bond donors (Lipinski definition) is 0. The Hall–Kier alpha value is -4.74. The van der Waals surface area contributed by atoms with Gasteiger partial charge >= 0.3 is 34.1 Å². The van der Waals surface area contributed by atoms with Crippen molar-refractivity contribution in [2.24, 2.45) is 5.92 Å². The van der Waals surface area contributed by atoms with Crippen molar-refractivity contribution in [1.82, 2.24) is 15.0 Å². The second-order valence-corrected chi connectivity index (χ2v) is 38.9. The molecule has 0 saturated carbocycles. The van der Waals surface area contributed by atoms with Crippen molar-refractivity contribution >= 4 is 114 Å². The molecule has 12 heteroatoms. The van der Waals surface area contributed by atoms with Crippen molar-refractivity contribution in [3.63, 3.8) is 0 Å². The number of hydrogen-bond acceptors (Lipinski definition) is 3. The topological polar surface area (TPSA) is 66.9 Å². The van der Waals surface area contributed by atoms with Gasteiger partial charge < -0.3 is 15.6 Å². The molecule has 1 radical (unpaired) electrons. The fourth-order valence-electron chi connectivity index (χ4n) is 14.3. The molecule has 0 N–H and O–H groups in total. The smallest absolute Gasteiger partial charge is 0.672 e. The Morgan fingerprint density at radius 1 is 0.549 bits per heavy atom. The minimum Gasteiger partial charge on any atom is -0.672 e. The van der Waals surface area contributed by atoms with Crippen LogP contribution in [0.5, 0.6) is 0 Å². The van der Waals surface area contributed by atoms with Crippen molar-refractivity contribution in [2.75, 3.05) is 0 Å². The van der Waals surface area contributed by atoms with Crippen LogP contribution in [0.3, 0.4) is 0 Å². The first-order chi connectivity index (χ1) is 42.4. The summed E-state index contributed by atoms with van der Waals surface area (Å²) in [7, 11) is -4.41. The second kappa shape index (κ2) is 30.3. The number of aromatic nitrogens is 3. The van der Waals surface area contributed by atoms with Gasteiger partial charge in [-0.1, -0.05) is 103 Å². The van der Waals surface area contributed by atoms with Crippen LogP contribution in [-0.4, -0.2) is 43.6 Å². The van der Waals surface area contributed by atoms with E-state index in [2.05, 4.69) is 229 Å². The molecule has 6 aromatic carbocycles. The van der Waals surface area contributed by atoms with Crippen LogP contribution in [0.25, 0.3) is 66.0 Å². The molecule has 3 aliphatic carbocycles. The minimum atomic E-state index is -1.19. The first-order valence-electron chi connectivity index (χ1n) is 32.2. The number of aryl methyl sites for hydroxylation is 4. The number of nitrogens with zero attached hydrogens (tertiary/aromatic N) is 5. The monoisotopic (exact) mass is 1550 g/mol. The van der Waals surface area contributed by atoms with Gasteiger partial charge in [0, 0.05) is 60.5 Å². The van der Waals surface area contributed by atoms with Gasteiger partial charge in [-0.05, 0) is 203 Å². The summed E-state index contributed by atoms with van der Waals surface area (Å²) in [5.74, 6) is 0.575. The van der Waals surface area contributed by atoms with E-state index in [9.17, 15) is 0 Å². The third kappa shape index (κ3) is 14.9. The molecule has 4 bridgehead atoms. The number of para-hydroxylation sites is 1. The number of allylic oxidation sites excluding steroid dienone is 5. The van der Waals surface area contributed by atoms with Gasteiger partial charge in [0.15, 0.2) is 0 Å². The van der Waals surface area contributed by atoms with Gasteiger partial charge in [-0.2, -0.15) is 0 Å². The van der Waals surface area contributed by atoms with Crippen LogP contribution >= 0.6 is 31.7 Å². The Labute approximate surface area is 581 Å². The molecule has 0 spiro atoms. The van der Waals surface area contributed by atoms with E-state index in [0.717, 1.165) is 48.3 Å². The quantitative estimate of drug-likeness (QED) is 0.0746. The summed E-state index contributed by atoms with van der Waals surface area (Å²) in [5, 5.41) is 29.7. The largest absolute Gasteiger partial charge is 1.00 e. The van der Waals surface area contributed by atoms with E-state index in [1.165, 1.54) is 103 Å². The SMILES string of the molecule is CC1=CCC2[N-]C3=C(CC(C)C=C3)[PH+](C(C)C)C3=c4nc5c(cccc5cc4=CCC3)[PH+](C(C)C)C2=C1.Cc1ccc2c(c1)[PH+](C(C)C)c1cc(C)cc3cc4cc(C)cc(c4nc13)[PH+](C(C)C)c1cc(C)ccc1[N-]2.[Cu+].[Cu+].[Ir].[c-]1ccccc1-c1ccccn1. The first kappa shape index (κ1) is 70.6. The molecule has 0 amide bonds. The first-order valence-corrected chi connectivity index (χ1v) is 38.5. The Morgan fingerprint density at radius 3 is 1.74 bits per heavy atom. The van der Waals surface area contributed by atoms with Crippen LogP contribution in [0, 0.1) is 39.7 Å². The Balaban J connectivity index is 0.000000177. The predicted octanol–water partition coefficient (Wildman–Crippen LogP) is 18.5. The third-order valence-corrected chi connectivity index (χ3v) is 30.9. The summed E-state index contributed by atoms with van der Waals surface area (Å²) in [6, 6.07) is 52.1. The molecule has 2 aliphatic heterocycles. The van der Waals surface area contributed by atoms with E-state index in [1.807, 2.05) is 42.5 Å². The minimum absolute atomic E-state index is 0. The summed E-state index contributed by atoms with van der Waals surface area (Å²) in [6.45, 7) is 32.8. The zero-order chi connectivity index (χ0) is 61.7. The number of benzene rings is 6. The molecular weight excluding hydrogens is 1460 g/mol. The Morgan fingerprint density at radius 2 is 1.15 bits per heavy atom. The number of fused-ring (bicyclic) bond motifs is 3. The Bertz CT molecular complexity index is 4260. The van der Waals surface area contributed by atoms with Gasteiger partial charge in [0.1, 0.15) is 43.1 Å². The molecule has 3 aromatic heterocycles. The van der Waals surface area contributed by atoms with E-state index in [0.29, 0.717) is 28.6 Å². The molecule has 0 saturated heterocycles. The normalized spacial score (nSPS) is 19.6. The number of pyridine rings is 3. The second-order valence-electron chi connectivity index (χ2n) is 26.5. The van der Waals surface area contributed by atoms with Gasteiger partial charge in [0.05, 0.1) is 75.6 Å². The van der Waals surface area contributed by atoms with Crippen LogP contribution in [-0.2, 0) is 54.2 Å². The molecule has 91 heavy (non-hydrogen) atoms. The van der Waals surface area contributed by atoms with Crippen molar-refractivity contribution in [3.05, 3.63) is 235 Å². The maximum atomic E-state index is 5.69. The number of rotatable bonds is 5. The zero-order valence-corrected chi connectivity index (χ0v) is 63.4. The molecule has 0 fully saturated rings. The molecular formula is C79H88Cu2IrN5P4+3. The third-order valence-electron chi connectivity index (χ3n) is 18.1. The van der Waals surface area contributed by atoms with Crippen LogP contribution in [0.15, 0.2) is 186 Å². The summed E-state index contributed by atoms with van der Waals surface area (Å²) in [6.07, 6.45) is 18.3. The van der Waals surface area contributed by atoms with Gasteiger partial charge in [-0.15, -0.1) is 41.6 Å². The van der Waals surface area contributed by atoms with Crippen LogP contribution in [0.4, 0.5) is 11.4 Å². The van der Waals surface area contributed by atoms with E-state index in [1.54, 1.807) is 22.1 Å². The van der Waals surface area contributed by atoms with E-state index < -0.39 is 31.7 Å². The molecule has 477 valence electrons. The maximum absolute atomic E-state index is 5.69.